The highest BCUT2D eigenvalue weighted by Crippen LogP contribution is 2.27. The van der Waals surface area contributed by atoms with E-state index in [9.17, 15) is 9.59 Å². The Morgan fingerprint density at radius 3 is 2.71 bits per heavy atom. The van der Waals surface area contributed by atoms with E-state index in [2.05, 4.69) is 11.1 Å². The maximum Gasteiger partial charge on any atom is 0.253 e. The molecule has 2 amide bonds. The smallest absolute Gasteiger partial charge is 0.253 e. The van der Waals surface area contributed by atoms with Gasteiger partial charge in [0.15, 0.2) is 0 Å². The fourth-order valence-corrected chi connectivity index (χ4v) is 5.21. The minimum absolute atomic E-state index is 0.0678. The van der Waals surface area contributed by atoms with Crippen LogP contribution in [-0.2, 0) is 17.8 Å². The van der Waals surface area contributed by atoms with Crippen molar-refractivity contribution < 1.29 is 14.3 Å². The highest BCUT2D eigenvalue weighted by Gasteiger charge is 2.24. The number of aryl methyl sites for hydroxylation is 1. The number of likely N-dealkylation sites (tertiary alicyclic amines) is 1. The number of para-hydroxylation sites is 1. The van der Waals surface area contributed by atoms with Gasteiger partial charge in [-0.15, -0.1) is 11.3 Å². The summed E-state index contributed by atoms with van der Waals surface area (Å²) in [6.07, 6.45) is 3.19. The lowest BCUT2D eigenvalue weighted by molar-refractivity contribution is -0.131. The van der Waals surface area contributed by atoms with E-state index < -0.39 is 0 Å². The van der Waals surface area contributed by atoms with Crippen molar-refractivity contribution >= 4 is 33.4 Å². The van der Waals surface area contributed by atoms with Gasteiger partial charge in [0.2, 0.25) is 5.91 Å². The first-order chi connectivity index (χ1) is 15.2. The molecule has 6 nitrogen and oxygen atoms in total. The van der Waals surface area contributed by atoms with E-state index in [4.69, 9.17) is 4.74 Å². The molecule has 160 valence electrons. The van der Waals surface area contributed by atoms with Gasteiger partial charge in [0.1, 0.15) is 12.4 Å². The second-order valence-corrected chi connectivity index (χ2v) is 9.18. The third-order valence-electron chi connectivity index (χ3n) is 5.92. The summed E-state index contributed by atoms with van der Waals surface area (Å²) in [5.41, 5.74) is 2.56. The van der Waals surface area contributed by atoms with Crippen LogP contribution in [0, 0.1) is 0 Å². The largest absolute Gasteiger partial charge is 0.491 e. The number of aromatic nitrogens is 1. The Morgan fingerprint density at radius 2 is 1.87 bits per heavy atom. The van der Waals surface area contributed by atoms with Crippen LogP contribution in [0.3, 0.4) is 0 Å². The van der Waals surface area contributed by atoms with E-state index in [0.29, 0.717) is 38.1 Å². The molecular weight excluding hydrogens is 410 g/mol. The third-order valence-corrected chi connectivity index (χ3v) is 7.02. The standard InChI is InChI=1S/C24H25N3O3S/c28-23(10-9-22-25-19-5-1-2-6-21(19)31-22)27-13-14-30-20-8-7-17(15-18(20)16-27)24(29)26-11-3-4-12-26/h1-2,5-8,15H,3-4,9-14,16H2. The van der Waals surface area contributed by atoms with E-state index in [-0.39, 0.29) is 11.8 Å². The molecule has 2 aliphatic rings. The first-order valence-electron chi connectivity index (χ1n) is 10.8. The van der Waals surface area contributed by atoms with Crippen molar-refractivity contribution in [2.24, 2.45) is 0 Å². The predicted molar refractivity (Wildman–Crippen MR) is 120 cm³/mol. The molecule has 3 aromatic rings. The Hall–Kier alpha value is -2.93. The second-order valence-electron chi connectivity index (χ2n) is 8.06. The van der Waals surface area contributed by atoms with Crippen molar-refractivity contribution in [2.75, 3.05) is 26.2 Å². The number of rotatable bonds is 4. The SMILES string of the molecule is O=C(CCc1nc2ccccc2s1)N1CCOc2ccc(C(=O)N3CCCC3)cc2C1. The number of hydrogen-bond donors (Lipinski definition) is 0. The number of carbonyl (C=O) groups excluding carboxylic acids is 2. The van der Waals surface area contributed by atoms with E-state index in [0.717, 1.165) is 52.5 Å². The zero-order chi connectivity index (χ0) is 21.2. The van der Waals surface area contributed by atoms with Crippen LogP contribution in [-0.4, -0.2) is 52.8 Å². The highest BCUT2D eigenvalue weighted by atomic mass is 32.1. The third kappa shape index (κ3) is 4.28. The lowest BCUT2D eigenvalue weighted by Crippen LogP contribution is -2.32. The number of carbonyl (C=O) groups is 2. The Kier molecular flexibility index (Phi) is 5.59. The number of thiazole rings is 1. The van der Waals surface area contributed by atoms with Crippen molar-refractivity contribution in [3.63, 3.8) is 0 Å². The van der Waals surface area contributed by atoms with Crippen LogP contribution in [0.15, 0.2) is 42.5 Å². The van der Waals surface area contributed by atoms with Crippen molar-refractivity contribution in [2.45, 2.75) is 32.2 Å². The van der Waals surface area contributed by atoms with Crippen LogP contribution in [0.4, 0.5) is 0 Å². The topological polar surface area (TPSA) is 62.7 Å². The maximum absolute atomic E-state index is 12.9. The summed E-state index contributed by atoms with van der Waals surface area (Å²) in [5, 5.41) is 0.986. The van der Waals surface area contributed by atoms with Gasteiger partial charge in [-0.1, -0.05) is 12.1 Å². The lowest BCUT2D eigenvalue weighted by atomic mass is 10.1. The van der Waals surface area contributed by atoms with Gasteiger partial charge in [-0.25, -0.2) is 4.98 Å². The summed E-state index contributed by atoms with van der Waals surface area (Å²) in [6, 6.07) is 13.7. The van der Waals surface area contributed by atoms with Gasteiger partial charge in [-0.05, 0) is 43.2 Å². The predicted octanol–water partition coefficient (Wildman–Crippen LogP) is 3.89. The summed E-state index contributed by atoms with van der Waals surface area (Å²) in [5.74, 6) is 0.921. The van der Waals surface area contributed by atoms with Crippen LogP contribution >= 0.6 is 11.3 Å². The van der Waals surface area contributed by atoms with Crippen molar-refractivity contribution in [1.29, 1.82) is 0 Å². The number of ether oxygens (including phenoxy) is 1. The molecule has 7 heteroatoms. The molecule has 0 atom stereocenters. The maximum atomic E-state index is 12.9. The fourth-order valence-electron chi connectivity index (χ4n) is 4.24. The molecule has 31 heavy (non-hydrogen) atoms. The molecule has 2 aromatic carbocycles. The molecule has 0 aliphatic carbocycles. The molecule has 1 fully saturated rings. The molecule has 1 aromatic heterocycles. The van der Waals surface area contributed by atoms with Crippen molar-refractivity contribution in [3.8, 4) is 5.75 Å². The summed E-state index contributed by atoms with van der Waals surface area (Å²) >= 11 is 1.65. The first-order valence-corrected chi connectivity index (χ1v) is 11.7. The average Bonchev–Trinajstić information content (AvgIpc) is 3.42. The van der Waals surface area contributed by atoms with E-state index in [1.54, 1.807) is 11.3 Å². The van der Waals surface area contributed by atoms with E-state index in [1.165, 1.54) is 0 Å². The highest BCUT2D eigenvalue weighted by molar-refractivity contribution is 7.18. The normalized spacial score (nSPS) is 16.1. The summed E-state index contributed by atoms with van der Waals surface area (Å²) in [6.45, 7) is 3.11. The fraction of sp³-hybridized carbons (Fsp3) is 0.375. The molecule has 0 bridgehead atoms. The average molecular weight is 436 g/mol. The van der Waals surface area contributed by atoms with Crippen LogP contribution in [0.25, 0.3) is 10.2 Å². The zero-order valence-electron chi connectivity index (χ0n) is 17.4. The Morgan fingerprint density at radius 1 is 1.03 bits per heavy atom. The minimum Gasteiger partial charge on any atom is -0.491 e. The first kappa shape index (κ1) is 20.0. The molecule has 1 saturated heterocycles. The number of benzene rings is 2. The lowest BCUT2D eigenvalue weighted by Gasteiger charge is -2.20. The number of fused-ring (bicyclic) bond motifs is 2. The Bertz CT molecular complexity index is 1090. The van der Waals surface area contributed by atoms with Crippen molar-refractivity contribution in [3.05, 3.63) is 58.6 Å². The van der Waals surface area contributed by atoms with E-state index in [1.807, 2.05) is 46.2 Å². The van der Waals surface area contributed by atoms with Gasteiger partial charge in [0, 0.05) is 43.6 Å². The summed E-state index contributed by atoms with van der Waals surface area (Å²) in [7, 11) is 0. The summed E-state index contributed by atoms with van der Waals surface area (Å²) < 4.78 is 7.01. The quantitative estimate of drug-likeness (QED) is 0.624. The molecule has 5 rings (SSSR count). The molecule has 0 spiro atoms. The van der Waals surface area contributed by atoms with Gasteiger partial charge in [0.05, 0.1) is 21.8 Å². The number of nitrogens with zero attached hydrogens (tertiary/aromatic N) is 3. The molecule has 0 N–H and O–H groups in total. The van der Waals surface area contributed by atoms with Gasteiger partial charge in [0.25, 0.3) is 5.91 Å². The van der Waals surface area contributed by atoms with Crippen LogP contribution < -0.4 is 4.74 Å². The molecule has 0 unspecified atom stereocenters. The van der Waals surface area contributed by atoms with Gasteiger partial charge >= 0.3 is 0 Å². The van der Waals surface area contributed by atoms with Crippen LogP contribution in [0.5, 0.6) is 5.75 Å². The molecule has 0 saturated carbocycles. The van der Waals surface area contributed by atoms with Crippen LogP contribution in [0.1, 0.15) is 40.2 Å². The molecule has 3 heterocycles. The Balaban J connectivity index is 1.27. The number of amides is 2. The Labute approximate surface area is 185 Å². The van der Waals surface area contributed by atoms with Crippen LogP contribution in [0.2, 0.25) is 0 Å². The monoisotopic (exact) mass is 435 g/mol. The molecule has 2 aliphatic heterocycles. The van der Waals surface area contributed by atoms with Gasteiger partial charge in [-0.3, -0.25) is 9.59 Å². The minimum atomic E-state index is 0.0678. The number of hydrogen-bond acceptors (Lipinski definition) is 5. The molecule has 0 radical (unpaired) electrons. The van der Waals surface area contributed by atoms with Gasteiger partial charge in [-0.2, -0.15) is 0 Å². The van der Waals surface area contributed by atoms with E-state index >= 15 is 0 Å². The second kappa shape index (κ2) is 8.67. The zero-order valence-corrected chi connectivity index (χ0v) is 18.2. The molecular formula is C24H25N3O3S. The summed E-state index contributed by atoms with van der Waals surface area (Å²) in [4.78, 5) is 34.1. The van der Waals surface area contributed by atoms with Crippen molar-refractivity contribution in [1.82, 2.24) is 14.8 Å². The van der Waals surface area contributed by atoms with Gasteiger partial charge < -0.3 is 14.5 Å².